The minimum absolute atomic E-state index is 0.133. The second-order valence-electron chi connectivity index (χ2n) is 5.12. The van der Waals surface area contributed by atoms with Crippen molar-refractivity contribution in [3.05, 3.63) is 0 Å². The molecule has 0 radical (unpaired) electrons. The minimum atomic E-state index is -1.17. The molecule has 1 amide bonds. The van der Waals surface area contributed by atoms with Crippen LogP contribution in [0.5, 0.6) is 0 Å². The maximum absolute atomic E-state index is 12.1. The van der Waals surface area contributed by atoms with Crippen LogP contribution in [0.25, 0.3) is 0 Å². The van der Waals surface area contributed by atoms with Gasteiger partial charge in [0.2, 0.25) is 5.91 Å². The van der Waals surface area contributed by atoms with Crippen LogP contribution in [0.15, 0.2) is 0 Å². The highest BCUT2D eigenvalue weighted by molar-refractivity contribution is 5.88. The number of fused-ring (bicyclic) bond motifs is 1. The Balaban J connectivity index is 1.99. The van der Waals surface area contributed by atoms with E-state index in [0.29, 0.717) is 11.8 Å². The average molecular weight is 255 g/mol. The minimum Gasteiger partial charge on any atom is -0.480 e. The summed E-state index contributed by atoms with van der Waals surface area (Å²) in [6, 6.07) is 0. The van der Waals surface area contributed by atoms with Gasteiger partial charge in [0.25, 0.3) is 0 Å². The zero-order chi connectivity index (χ0) is 13.3. The zero-order valence-electron chi connectivity index (χ0n) is 10.0. The molecule has 0 aromatic carbocycles. The van der Waals surface area contributed by atoms with Gasteiger partial charge in [-0.1, -0.05) is 12.8 Å². The molecule has 0 spiro atoms. The quantitative estimate of drug-likeness (QED) is 0.742. The standard InChI is InChI=1S/C12H17NO5/c14-9(15)5-13(6-10(16)17)12(18)11-7-3-1-2-4-8(7)11/h7-8,11H,1-6H2,(H,14,15)(H,16,17). The van der Waals surface area contributed by atoms with Gasteiger partial charge in [0.05, 0.1) is 0 Å². The van der Waals surface area contributed by atoms with Crippen LogP contribution in [-0.2, 0) is 14.4 Å². The monoisotopic (exact) mass is 255 g/mol. The molecule has 0 aromatic heterocycles. The fourth-order valence-electron chi connectivity index (χ4n) is 3.11. The molecule has 2 saturated carbocycles. The second-order valence-corrected chi connectivity index (χ2v) is 5.12. The Kier molecular flexibility index (Phi) is 3.54. The van der Waals surface area contributed by atoms with Crippen molar-refractivity contribution in [3.63, 3.8) is 0 Å². The summed E-state index contributed by atoms with van der Waals surface area (Å²) in [7, 11) is 0. The first kappa shape index (κ1) is 12.9. The van der Waals surface area contributed by atoms with Crippen LogP contribution in [0.1, 0.15) is 25.7 Å². The van der Waals surface area contributed by atoms with Crippen LogP contribution >= 0.6 is 0 Å². The molecular weight excluding hydrogens is 238 g/mol. The third-order valence-electron chi connectivity index (χ3n) is 3.91. The third kappa shape index (κ3) is 2.63. The molecule has 0 heterocycles. The first-order chi connectivity index (χ1) is 8.50. The first-order valence-electron chi connectivity index (χ1n) is 6.23. The highest BCUT2D eigenvalue weighted by Crippen LogP contribution is 2.56. The Morgan fingerprint density at radius 2 is 1.39 bits per heavy atom. The fourth-order valence-corrected chi connectivity index (χ4v) is 3.11. The van der Waals surface area contributed by atoms with Gasteiger partial charge >= 0.3 is 11.9 Å². The van der Waals surface area contributed by atoms with Crippen LogP contribution < -0.4 is 0 Å². The number of carboxylic acid groups (broad SMARTS) is 2. The van der Waals surface area contributed by atoms with E-state index in [9.17, 15) is 14.4 Å². The molecule has 100 valence electrons. The van der Waals surface area contributed by atoms with Crippen molar-refractivity contribution in [3.8, 4) is 0 Å². The Bertz CT molecular complexity index is 353. The van der Waals surface area contributed by atoms with E-state index < -0.39 is 25.0 Å². The van der Waals surface area contributed by atoms with E-state index in [2.05, 4.69) is 0 Å². The van der Waals surface area contributed by atoms with Crippen LogP contribution in [0.4, 0.5) is 0 Å². The number of hydrogen-bond donors (Lipinski definition) is 2. The van der Waals surface area contributed by atoms with Crippen LogP contribution in [-0.4, -0.2) is 46.0 Å². The van der Waals surface area contributed by atoms with E-state index >= 15 is 0 Å². The number of nitrogens with zero attached hydrogens (tertiary/aromatic N) is 1. The summed E-state index contributed by atoms with van der Waals surface area (Å²) >= 11 is 0. The van der Waals surface area contributed by atoms with Gasteiger partial charge in [-0.05, 0) is 24.7 Å². The summed E-state index contributed by atoms with van der Waals surface area (Å²) in [4.78, 5) is 34.4. The summed E-state index contributed by atoms with van der Waals surface area (Å²) in [5.74, 6) is -2.06. The summed E-state index contributed by atoms with van der Waals surface area (Å²) < 4.78 is 0. The van der Waals surface area contributed by atoms with E-state index in [4.69, 9.17) is 10.2 Å². The Morgan fingerprint density at radius 3 is 1.78 bits per heavy atom. The Morgan fingerprint density at radius 1 is 0.944 bits per heavy atom. The van der Waals surface area contributed by atoms with Gasteiger partial charge in [0.1, 0.15) is 13.1 Å². The molecule has 0 bridgehead atoms. The molecule has 6 heteroatoms. The van der Waals surface area contributed by atoms with Gasteiger partial charge in [-0.3, -0.25) is 14.4 Å². The van der Waals surface area contributed by atoms with E-state index in [1.807, 2.05) is 0 Å². The lowest BCUT2D eigenvalue weighted by Crippen LogP contribution is -2.40. The number of carbonyl (C=O) groups excluding carboxylic acids is 1. The van der Waals surface area contributed by atoms with Crippen molar-refractivity contribution in [1.29, 1.82) is 0 Å². The molecule has 0 aliphatic heterocycles. The number of amides is 1. The van der Waals surface area contributed by atoms with E-state index in [1.54, 1.807) is 0 Å². The van der Waals surface area contributed by atoms with Crippen molar-refractivity contribution < 1.29 is 24.6 Å². The summed E-state index contributed by atoms with van der Waals surface area (Å²) in [6.45, 7) is -1.05. The van der Waals surface area contributed by atoms with E-state index in [1.165, 1.54) is 0 Å². The van der Waals surface area contributed by atoms with Crippen LogP contribution in [0.3, 0.4) is 0 Å². The van der Waals surface area contributed by atoms with Crippen molar-refractivity contribution in [2.75, 3.05) is 13.1 Å². The Labute approximate surface area is 105 Å². The van der Waals surface area contributed by atoms with Gasteiger partial charge in [0.15, 0.2) is 0 Å². The average Bonchev–Trinajstić information content (AvgIpc) is 3.00. The normalized spacial score (nSPS) is 29.2. The molecule has 2 aliphatic carbocycles. The zero-order valence-corrected chi connectivity index (χ0v) is 10.0. The number of carboxylic acids is 2. The lowest BCUT2D eigenvalue weighted by atomic mass is 10.0. The molecule has 2 aliphatic rings. The van der Waals surface area contributed by atoms with Crippen molar-refractivity contribution >= 4 is 17.8 Å². The largest absolute Gasteiger partial charge is 0.480 e. The lowest BCUT2D eigenvalue weighted by molar-refractivity contribution is -0.150. The van der Waals surface area contributed by atoms with Crippen molar-refractivity contribution in [1.82, 2.24) is 4.90 Å². The molecule has 18 heavy (non-hydrogen) atoms. The number of hydrogen-bond acceptors (Lipinski definition) is 3. The molecular formula is C12H17NO5. The highest BCUT2D eigenvalue weighted by atomic mass is 16.4. The lowest BCUT2D eigenvalue weighted by Gasteiger charge is -2.18. The number of rotatable bonds is 5. The van der Waals surface area contributed by atoms with Gasteiger partial charge in [-0.2, -0.15) is 0 Å². The van der Waals surface area contributed by atoms with E-state index in [0.717, 1.165) is 30.6 Å². The SMILES string of the molecule is O=C(O)CN(CC(=O)O)C(=O)C1C2CCCCC21. The topological polar surface area (TPSA) is 94.9 Å². The highest BCUT2D eigenvalue weighted by Gasteiger charge is 2.55. The molecule has 0 aromatic rings. The van der Waals surface area contributed by atoms with E-state index in [-0.39, 0.29) is 11.8 Å². The van der Waals surface area contributed by atoms with Gasteiger partial charge in [-0.15, -0.1) is 0 Å². The molecule has 0 saturated heterocycles. The predicted molar refractivity (Wildman–Crippen MR) is 60.8 cm³/mol. The second kappa shape index (κ2) is 4.96. The smallest absolute Gasteiger partial charge is 0.323 e. The molecule has 6 nitrogen and oxygen atoms in total. The number of carbonyl (C=O) groups is 3. The third-order valence-corrected chi connectivity index (χ3v) is 3.91. The summed E-state index contributed by atoms with van der Waals surface area (Å²) in [5, 5.41) is 17.4. The van der Waals surface area contributed by atoms with Crippen molar-refractivity contribution in [2.24, 2.45) is 17.8 Å². The molecule has 2 atom stereocenters. The van der Waals surface area contributed by atoms with Crippen molar-refractivity contribution in [2.45, 2.75) is 25.7 Å². The fraction of sp³-hybridized carbons (Fsp3) is 0.750. The van der Waals surface area contributed by atoms with Crippen LogP contribution in [0.2, 0.25) is 0 Å². The Hall–Kier alpha value is -1.59. The van der Waals surface area contributed by atoms with Crippen LogP contribution in [0, 0.1) is 17.8 Å². The molecule has 2 fully saturated rings. The maximum Gasteiger partial charge on any atom is 0.323 e. The summed E-state index contributed by atoms with van der Waals surface area (Å²) in [5.41, 5.74) is 0. The molecule has 2 unspecified atom stereocenters. The molecule has 2 N–H and O–H groups in total. The predicted octanol–water partition coefficient (Wildman–Crippen LogP) is 0.420. The van der Waals surface area contributed by atoms with Gasteiger partial charge in [0, 0.05) is 5.92 Å². The van der Waals surface area contributed by atoms with Gasteiger partial charge in [-0.25, -0.2) is 0 Å². The van der Waals surface area contributed by atoms with Gasteiger partial charge < -0.3 is 15.1 Å². The first-order valence-corrected chi connectivity index (χ1v) is 6.23. The molecule has 2 rings (SSSR count). The summed E-state index contributed by atoms with van der Waals surface area (Å²) in [6.07, 6.45) is 4.25. The number of aliphatic carboxylic acids is 2. The maximum atomic E-state index is 12.1.